The van der Waals surface area contributed by atoms with Crippen LogP contribution in [0.1, 0.15) is 18.4 Å². The smallest absolute Gasteiger partial charge is 0.317 e. The summed E-state index contributed by atoms with van der Waals surface area (Å²) in [6.07, 6.45) is 1.68. The average Bonchev–Trinajstić information content (AvgIpc) is 2.84. The summed E-state index contributed by atoms with van der Waals surface area (Å²) in [7, 11) is 1.64. The summed E-state index contributed by atoms with van der Waals surface area (Å²) in [5.41, 5.74) is 0.942. The monoisotopic (exact) mass is 348 g/mol. The van der Waals surface area contributed by atoms with E-state index in [1.54, 1.807) is 24.1 Å². The van der Waals surface area contributed by atoms with E-state index in [1.807, 2.05) is 4.90 Å². The van der Waals surface area contributed by atoms with Gasteiger partial charge in [-0.1, -0.05) is 12.1 Å². The van der Waals surface area contributed by atoms with Crippen LogP contribution in [-0.2, 0) is 11.3 Å². The third-order valence-corrected chi connectivity index (χ3v) is 5.03. The highest BCUT2D eigenvalue weighted by Gasteiger charge is 2.36. The van der Waals surface area contributed by atoms with Crippen molar-refractivity contribution in [2.24, 2.45) is 0 Å². The Balaban J connectivity index is 1.58. The van der Waals surface area contributed by atoms with Gasteiger partial charge in [-0.25, -0.2) is 9.18 Å². The Morgan fingerprint density at radius 2 is 1.92 bits per heavy atom. The number of carbonyl (C=O) groups is 2. The lowest BCUT2D eigenvalue weighted by Gasteiger charge is -2.26. The van der Waals surface area contributed by atoms with E-state index >= 15 is 0 Å². The maximum absolute atomic E-state index is 13.0. The molecule has 6 nitrogen and oxygen atoms in total. The maximum Gasteiger partial charge on any atom is 0.317 e. The molecule has 0 radical (unpaired) electrons. The second kappa shape index (κ2) is 7.82. The lowest BCUT2D eigenvalue weighted by atomic mass is 10.2. The van der Waals surface area contributed by atoms with Gasteiger partial charge in [-0.05, 0) is 30.5 Å². The van der Waals surface area contributed by atoms with Crippen LogP contribution in [0.4, 0.5) is 9.18 Å². The predicted octanol–water partition coefficient (Wildman–Crippen LogP) is 1.27. The van der Waals surface area contributed by atoms with E-state index < -0.39 is 0 Å². The predicted molar refractivity (Wildman–Crippen MR) is 92.4 cm³/mol. The third kappa shape index (κ3) is 4.10. The Hall–Kier alpha value is -2.15. The molecule has 7 heteroatoms. The molecule has 136 valence electrons. The van der Waals surface area contributed by atoms with E-state index in [9.17, 15) is 14.0 Å². The molecule has 25 heavy (non-hydrogen) atoms. The minimum absolute atomic E-state index is 0.0578. The molecule has 3 amide bonds. The van der Waals surface area contributed by atoms with E-state index in [0.717, 1.165) is 38.0 Å². The van der Waals surface area contributed by atoms with E-state index in [2.05, 4.69) is 10.2 Å². The molecule has 1 aromatic carbocycles. The molecular formula is C18H25FN4O2. The minimum Gasteiger partial charge on any atom is -0.341 e. The van der Waals surface area contributed by atoms with E-state index in [-0.39, 0.29) is 23.8 Å². The lowest BCUT2D eigenvalue weighted by Crippen LogP contribution is -2.44. The largest absolute Gasteiger partial charge is 0.341 e. The van der Waals surface area contributed by atoms with Gasteiger partial charge in [0.2, 0.25) is 5.91 Å². The van der Waals surface area contributed by atoms with Crippen molar-refractivity contribution >= 4 is 11.9 Å². The molecule has 1 unspecified atom stereocenters. The number of likely N-dealkylation sites (tertiary alicyclic amines) is 1. The van der Waals surface area contributed by atoms with Gasteiger partial charge in [-0.15, -0.1) is 0 Å². The molecule has 0 aliphatic carbocycles. The number of carbonyl (C=O) groups excluding carboxylic acids is 2. The van der Waals surface area contributed by atoms with Crippen LogP contribution in [0.3, 0.4) is 0 Å². The molecular weight excluding hydrogens is 323 g/mol. The Morgan fingerprint density at radius 3 is 2.64 bits per heavy atom. The summed E-state index contributed by atoms with van der Waals surface area (Å²) >= 11 is 0. The second-order valence-electron chi connectivity index (χ2n) is 6.62. The topological polar surface area (TPSA) is 55.9 Å². The van der Waals surface area contributed by atoms with Gasteiger partial charge in [-0.3, -0.25) is 9.69 Å². The van der Waals surface area contributed by atoms with Crippen LogP contribution >= 0.6 is 0 Å². The van der Waals surface area contributed by atoms with Crippen molar-refractivity contribution in [1.82, 2.24) is 20.0 Å². The summed E-state index contributed by atoms with van der Waals surface area (Å²) in [6.45, 7) is 4.14. The number of benzene rings is 1. The number of hydrogen-bond donors (Lipinski definition) is 1. The number of nitrogens with one attached hydrogen (secondary N) is 1. The first kappa shape index (κ1) is 17.7. The van der Waals surface area contributed by atoms with Gasteiger partial charge in [0, 0.05) is 46.3 Å². The van der Waals surface area contributed by atoms with Crippen molar-refractivity contribution in [3.05, 3.63) is 35.6 Å². The standard InChI is InChI=1S/C18H25FN4O2/c1-20-18(25)22-9-2-8-21(11-12-22)16-7-10-23(17(16)24)13-14-3-5-15(19)6-4-14/h3-6,16H,2,7-13H2,1H3,(H,20,25). The van der Waals surface area contributed by atoms with Gasteiger partial charge >= 0.3 is 6.03 Å². The number of nitrogens with zero attached hydrogens (tertiary/aromatic N) is 3. The summed E-state index contributed by atoms with van der Waals surface area (Å²) < 4.78 is 13.0. The summed E-state index contributed by atoms with van der Waals surface area (Å²) in [5.74, 6) is -0.127. The van der Waals surface area contributed by atoms with Crippen molar-refractivity contribution in [3.8, 4) is 0 Å². The summed E-state index contributed by atoms with van der Waals surface area (Å²) in [5, 5.41) is 2.66. The summed E-state index contributed by atoms with van der Waals surface area (Å²) in [6, 6.07) is 6.14. The van der Waals surface area contributed by atoms with Gasteiger partial charge in [0.15, 0.2) is 0 Å². The van der Waals surface area contributed by atoms with Crippen LogP contribution < -0.4 is 5.32 Å². The average molecular weight is 348 g/mol. The molecule has 2 saturated heterocycles. The fraction of sp³-hybridized carbons (Fsp3) is 0.556. The SMILES string of the molecule is CNC(=O)N1CCCN(C2CCN(Cc3ccc(F)cc3)C2=O)CC1. The zero-order valence-electron chi connectivity index (χ0n) is 14.6. The molecule has 0 spiro atoms. The molecule has 2 fully saturated rings. The molecule has 0 saturated carbocycles. The fourth-order valence-corrected chi connectivity index (χ4v) is 3.64. The normalized spacial score (nSPS) is 22.2. The molecule has 3 rings (SSSR count). The number of urea groups is 1. The first-order chi connectivity index (χ1) is 12.1. The zero-order chi connectivity index (χ0) is 17.8. The van der Waals surface area contributed by atoms with Crippen LogP contribution in [0.15, 0.2) is 24.3 Å². The second-order valence-corrected chi connectivity index (χ2v) is 6.62. The number of rotatable bonds is 3. The molecule has 1 aromatic rings. The van der Waals surface area contributed by atoms with Crippen LogP contribution in [0.2, 0.25) is 0 Å². The highest BCUT2D eigenvalue weighted by atomic mass is 19.1. The molecule has 0 aromatic heterocycles. The zero-order valence-corrected chi connectivity index (χ0v) is 14.6. The lowest BCUT2D eigenvalue weighted by molar-refractivity contribution is -0.132. The van der Waals surface area contributed by atoms with Crippen molar-refractivity contribution in [1.29, 1.82) is 0 Å². The Labute approximate surface area is 147 Å². The van der Waals surface area contributed by atoms with Crippen molar-refractivity contribution in [2.75, 3.05) is 39.8 Å². The fourth-order valence-electron chi connectivity index (χ4n) is 3.64. The van der Waals surface area contributed by atoms with Gasteiger partial charge < -0.3 is 15.1 Å². The van der Waals surface area contributed by atoms with Crippen LogP contribution in [0, 0.1) is 5.82 Å². The van der Waals surface area contributed by atoms with Gasteiger partial charge in [-0.2, -0.15) is 0 Å². The van der Waals surface area contributed by atoms with Gasteiger partial charge in [0.1, 0.15) is 5.82 Å². The number of hydrogen-bond acceptors (Lipinski definition) is 3. The summed E-state index contributed by atoms with van der Waals surface area (Å²) in [4.78, 5) is 30.4. The van der Waals surface area contributed by atoms with Crippen LogP contribution in [0.25, 0.3) is 0 Å². The van der Waals surface area contributed by atoms with Crippen molar-refractivity contribution in [3.63, 3.8) is 0 Å². The van der Waals surface area contributed by atoms with Crippen molar-refractivity contribution in [2.45, 2.75) is 25.4 Å². The third-order valence-electron chi connectivity index (χ3n) is 5.03. The van der Waals surface area contributed by atoms with Crippen molar-refractivity contribution < 1.29 is 14.0 Å². The van der Waals surface area contributed by atoms with E-state index in [4.69, 9.17) is 0 Å². The minimum atomic E-state index is -0.264. The highest BCUT2D eigenvalue weighted by molar-refractivity contribution is 5.84. The van der Waals surface area contributed by atoms with Gasteiger partial charge in [0.25, 0.3) is 0 Å². The number of halogens is 1. The highest BCUT2D eigenvalue weighted by Crippen LogP contribution is 2.21. The van der Waals surface area contributed by atoms with Gasteiger partial charge in [0.05, 0.1) is 6.04 Å². The Morgan fingerprint density at radius 1 is 1.16 bits per heavy atom. The molecule has 0 bridgehead atoms. The van der Waals surface area contributed by atoms with E-state index in [0.29, 0.717) is 19.6 Å². The Bertz CT molecular complexity index is 622. The Kier molecular flexibility index (Phi) is 5.53. The van der Waals surface area contributed by atoms with Crippen LogP contribution in [0.5, 0.6) is 0 Å². The molecule has 1 atom stereocenters. The molecule has 2 heterocycles. The molecule has 2 aliphatic heterocycles. The molecule has 2 aliphatic rings. The first-order valence-corrected chi connectivity index (χ1v) is 8.82. The number of amides is 3. The van der Waals surface area contributed by atoms with E-state index in [1.165, 1.54) is 12.1 Å². The van der Waals surface area contributed by atoms with Crippen LogP contribution in [-0.4, -0.2) is 72.5 Å². The maximum atomic E-state index is 13.0. The first-order valence-electron chi connectivity index (χ1n) is 8.82. The molecule has 1 N–H and O–H groups in total. The quantitative estimate of drug-likeness (QED) is 0.895.